The number of allylic oxidation sites excluding steroid dienone is 1. The van der Waals surface area contributed by atoms with E-state index in [9.17, 15) is 22.4 Å². The lowest BCUT2D eigenvalue weighted by molar-refractivity contribution is -0.137. The third-order valence-corrected chi connectivity index (χ3v) is 6.78. The first-order valence-electron chi connectivity index (χ1n) is 10.6. The lowest BCUT2D eigenvalue weighted by atomic mass is 10.1. The normalized spacial score (nSPS) is 11.4. The van der Waals surface area contributed by atoms with E-state index in [0.29, 0.717) is 38.7 Å². The van der Waals surface area contributed by atoms with Gasteiger partial charge in [-0.2, -0.15) is 13.2 Å². The highest BCUT2D eigenvalue weighted by Gasteiger charge is 2.30. The summed E-state index contributed by atoms with van der Waals surface area (Å²) in [5.41, 5.74) is 0.473. The van der Waals surface area contributed by atoms with E-state index in [1.165, 1.54) is 47.5 Å². The minimum absolute atomic E-state index is 0.0290. The van der Waals surface area contributed by atoms with Gasteiger partial charge in [0.25, 0.3) is 0 Å². The Morgan fingerprint density at radius 2 is 1.94 bits per heavy atom. The van der Waals surface area contributed by atoms with Gasteiger partial charge in [-0.3, -0.25) is 9.36 Å². The van der Waals surface area contributed by atoms with Gasteiger partial charge < -0.3 is 5.32 Å². The van der Waals surface area contributed by atoms with Gasteiger partial charge in [0.1, 0.15) is 5.82 Å². The first kappa shape index (κ1) is 25.6. The molecule has 4 rings (SSSR count). The molecule has 1 amide bonds. The summed E-state index contributed by atoms with van der Waals surface area (Å²) < 4.78 is 53.8. The monoisotopic (exact) mass is 533 g/mol. The maximum Gasteiger partial charge on any atom is 0.416 e. The van der Waals surface area contributed by atoms with Crippen molar-refractivity contribution in [1.29, 1.82) is 0 Å². The Bertz CT molecular complexity index is 1370. The molecule has 0 atom stereocenters. The zero-order chi connectivity index (χ0) is 25.7. The molecule has 36 heavy (non-hydrogen) atoms. The second kappa shape index (κ2) is 11.0. The van der Waals surface area contributed by atoms with Crippen LogP contribution in [0.1, 0.15) is 16.0 Å². The van der Waals surface area contributed by atoms with Crippen LogP contribution >= 0.6 is 23.1 Å². The predicted octanol–water partition coefficient (Wildman–Crippen LogP) is 6.07. The highest BCUT2D eigenvalue weighted by atomic mass is 32.2. The van der Waals surface area contributed by atoms with Crippen LogP contribution in [0.4, 0.5) is 22.7 Å². The van der Waals surface area contributed by atoms with Crippen molar-refractivity contribution in [2.45, 2.75) is 24.3 Å². The Hall–Kier alpha value is -3.51. The van der Waals surface area contributed by atoms with E-state index in [2.05, 4.69) is 27.1 Å². The fourth-order valence-corrected chi connectivity index (χ4v) is 4.90. The molecule has 6 nitrogen and oxygen atoms in total. The van der Waals surface area contributed by atoms with Gasteiger partial charge >= 0.3 is 6.18 Å². The Balaban J connectivity index is 1.37. The molecule has 0 aliphatic heterocycles. The molecule has 1 N–H and O–H groups in total. The number of aromatic nitrogens is 4. The molecule has 186 valence electrons. The van der Waals surface area contributed by atoms with E-state index in [4.69, 9.17) is 0 Å². The molecule has 0 bridgehead atoms. The zero-order valence-corrected chi connectivity index (χ0v) is 20.3. The number of hydrogen-bond acceptors (Lipinski definition) is 6. The second-order valence-electron chi connectivity index (χ2n) is 7.56. The molecule has 0 saturated heterocycles. The Labute approximate surface area is 212 Å². The highest BCUT2D eigenvalue weighted by Crippen LogP contribution is 2.31. The minimum atomic E-state index is -4.41. The molecular formula is C24H19F4N5OS2. The van der Waals surface area contributed by atoms with Crippen LogP contribution in [-0.2, 0) is 23.9 Å². The van der Waals surface area contributed by atoms with E-state index in [1.807, 2.05) is 0 Å². The molecule has 2 aromatic carbocycles. The molecule has 12 heteroatoms. The average Bonchev–Trinajstić information content (AvgIpc) is 3.45. The molecule has 2 aromatic heterocycles. The summed E-state index contributed by atoms with van der Waals surface area (Å²) in [4.78, 5) is 17.4. The smallest absolute Gasteiger partial charge is 0.301 e. The minimum Gasteiger partial charge on any atom is -0.301 e. The summed E-state index contributed by atoms with van der Waals surface area (Å²) in [6.45, 7) is 4.14. The molecule has 0 spiro atoms. The maximum atomic E-state index is 13.3. The molecule has 0 saturated carbocycles. The SMILES string of the molecule is C=CCn1c(SCC(=O)Nc2ncc(Cc3cccc(C(F)(F)F)c3)s2)nnc1-c1ccc(F)cc1. The van der Waals surface area contributed by atoms with Crippen molar-refractivity contribution in [3.05, 3.63) is 89.2 Å². The lowest BCUT2D eigenvalue weighted by Gasteiger charge is -2.08. The number of anilines is 1. The molecule has 4 aromatic rings. The predicted molar refractivity (Wildman–Crippen MR) is 131 cm³/mol. The summed E-state index contributed by atoms with van der Waals surface area (Å²) in [6.07, 6.45) is -0.940. The summed E-state index contributed by atoms with van der Waals surface area (Å²) in [5.74, 6) is -0.130. The third-order valence-electron chi connectivity index (χ3n) is 4.90. The number of thiazole rings is 1. The maximum absolute atomic E-state index is 13.3. The number of amides is 1. The topological polar surface area (TPSA) is 72.7 Å². The van der Waals surface area contributed by atoms with E-state index in [0.717, 1.165) is 12.1 Å². The lowest BCUT2D eigenvalue weighted by Crippen LogP contribution is -2.14. The summed E-state index contributed by atoms with van der Waals surface area (Å²) >= 11 is 2.37. The van der Waals surface area contributed by atoms with Gasteiger partial charge in [0.15, 0.2) is 16.1 Å². The number of hydrogen-bond donors (Lipinski definition) is 1. The van der Waals surface area contributed by atoms with Gasteiger partial charge in [0.05, 0.1) is 11.3 Å². The van der Waals surface area contributed by atoms with Crippen LogP contribution in [0.3, 0.4) is 0 Å². The number of nitrogens with one attached hydrogen (secondary N) is 1. The molecule has 0 fully saturated rings. The van der Waals surface area contributed by atoms with Crippen molar-refractivity contribution in [3.8, 4) is 11.4 Å². The number of benzene rings is 2. The van der Waals surface area contributed by atoms with Gasteiger partial charge in [-0.1, -0.05) is 36.0 Å². The van der Waals surface area contributed by atoms with Crippen LogP contribution in [0.2, 0.25) is 0 Å². The summed E-state index contributed by atoms with van der Waals surface area (Å²) in [5, 5.41) is 11.9. The van der Waals surface area contributed by atoms with Gasteiger partial charge in [0, 0.05) is 29.6 Å². The van der Waals surface area contributed by atoms with E-state index in [-0.39, 0.29) is 23.9 Å². The summed E-state index contributed by atoms with van der Waals surface area (Å²) in [7, 11) is 0. The Morgan fingerprint density at radius 1 is 1.17 bits per heavy atom. The molecule has 2 heterocycles. The number of rotatable bonds is 9. The third kappa shape index (κ3) is 6.38. The quantitative estimate of drug-likeness (QED) is 0.161. The van der Waals surface area contributed by atoms with E-state index >= 15 is 0 Å². The number of carbonyl (C=O) groups is 1. The van der Waals surface area contributed by atoms with Crippen molar-refractivity contribution < 1.29 is 22.4 Å². The van der Waals surface area contributed by atoms with Crippen LogP contribution in [-0.4, -0.2) is 31.4 Å². The van der Waals surface area contributed by atoms with Crippen LogP contribution in [0.25, 0.3) is 11.4 Å². The number of carbonyl (C=O) groups excluding carboxylic acids is 1. The van der Waals surface area contributed by atoms with E-state index in [1.54, 1.807) is 28.8 Å². The molecular weight excluding hydrogens is 514 g/mol. The average molecular weight is 534 g/mol. The molecule has 0 aliphatic carbocycles. The fourth-order valence-electron chi connectivity index (χ4n) is 3.29. The van der Waals surface area contributed by atoms with Crippen molar-refractivity contribution in [2.24, 2.45) is 0 Å². The first-order chi connectivity index (χ1) is 17.2. The zero-order valence-electron chi connectivity index (χ0n) is 18.6. The second-order valence-corrected chi connectivity index (χ2v) is 9.61. The first-order valence-corrected chi connectivity index (χ1v) is 12.4. The number of alkyl halides is 3. The van der Waals surface area contributed by atoms with Gasteiger partial charge in [-0.25, -0.2) is 9.37 Å². The Kier molecular flexibility index (Phi) is 7.85. The largest absolute Gasteiger partial charge is 0.416 e. The highest BCUT2D eigenvalue weighted by molar-refractivity contribution is 7.99. The number of thioether (sulfide) groups is 1. The van der Waals surface area contributed by atoms with Crippen LogP contribution in [0, 0.1) is 5.82 Å². The van der Waals surface area contributed by atoms with Gasteiger partial charge in [-0.05, 0) is 35.9 Å². The van der Waals surface area contributed by atoms with Gasteiger partial charge in [-0.15, -0.1) is 28.1 Å². The van der Waals surface area contributed by atoms with Crippen LogP contribution in [0.5, 0.6) is 0 Å². The van der Waals surface area contributed by atoms with Gasteiger partial charge in [0.2, 0.25) is 5.91 Å². The Morgan fingerprint density at radius 3 is 2.67 bits per heavy atom. The number of nitrogens with zero attached hydrogens (tertiary/aromatic N) is 4. The van der Waals surface area contributed by atoms with Crippen molar-refractivity contribution in [1.82, 2.24) is 19.7 Å². The number of halogens is 4. The van der Waals surface area contributed by atoms with E-state index < -0.39 is 11.7 Å². The van der Waals surface area contributed by atoms with Crippen molar-refractivity contribution >= 4 is 34.1 Å². The summed E-state index contributed by atoms with van der Waals surface area (Å²) in [6, 6.07) is 11.0. The van der Waals surface area contributed by atoms with Crippen molar-refractivity contribution in [2.75, 3.05) is 11.1 Å². The molecule has 0 unspecified atom stereocenters. The van der Waals surface area contributed by atoms with Crippen molar-refractivity contribution in [3.63, 3.8) is 0 Å². The van der Waals surface area contributed by atoms with Crippen LogP contribution in [0.15, 0.2) is 72.5 Å². The van der Waals surface area contributed by atoms with Crippen LogP contribution < -0.4 is 5.32 Å². The molecule has 0 radical (unpaired) electrons. The fraction of sp³-hybridized carbons (Fsp3) is 0.167. The standard InChI is InChI=1S/C24H19F4N5OS2/c1-2-10-33-21(16-6-8-18(25)9-7-16)31-32-23(33)35-14-20(34)30-22-29-13-19(36-22)12-15-4-3-5-17(11-15)24(26,27)28/h2-9,11,13H,1,10,12,14H2,(H,29,30,34). The molecule has 0 aliphatic rings.